The molecule has 1 aliphatic rings. The van der Waals surface area contributed by atoms with Crippen molar-refractivity contribution in [3.63, 3.8) is 0 Å². The monoisotopic (exact) mass is 428 g/mol. The van der Waals surface area contributed by atoms with Gasteiger partial charge < -0.3 is 19.0 Å². The molecule has 0 bridgehead atoms. The summed E-state index contributed by atoms with van der Waals surface area (Å²) in [4.78, 5) is 44.5. The molecule has 5 atom stereocenters. The van der Waals surface area contributed by atoms with E-state index in [9.17, 15) is 28.5 Å². The Morgan fingerprint density at radius 2 is 2.00 bits per heavy atom. The number of hydrogen-bond acceptors (Lipinski definition) is 8. The van der Waals surface area contributed by atoms with E-state index in [4.69, 9.17) is 13.8 Å². The first-order chi connectivity index (χ1) is 12.6. The van der Waals surface area contributed by atoms with Crippen LogP contribution in [0.1, 0.15) is 26.5 Å². The topological polar surface area (TPSA) is 166 Å². The van der Waals surface area contributed by atoms with E-state index in [1.165, 1.54) is 20.0 Å². The summed E-state index contributed by atoms with van der Waals surface area (Å²) < 4.78 is 44.9. The van der Waals surface area contributed by atoms with Crippen molar-refractivity contribution in [3.05, 3.63) is 33.1 Å². The molecule has 1 saturated heterocycles. The van der Waals surface area contributed by atoms with E-state index >= 15 is 0 Å². The lowest BCUT2D eigenvalue weighted by Gasteiger charge is -2.21. The molecule has 0 aliphatic carbocycles. The number of nitrogens with zero attached hydrogens (tertiary/aromatic N) is 1. The maximum atomic E-state index is 11.9. The fourth-order valence-corrected chi connectivity index (χ4v) is 3.97. The quantitative estimate of drug-likeness (QED) is 0.473. The third-order valence-corrected chi connectivity index (χ3v) is 6.20. The third kappa shape index (κ3) is 6.20. The Hall–Kier alpha value is -1.10. The van der Waals surface area contributed by atoms with Gasteiger partial charge >= 0.3 is 21.1 Å². The molecule has 0 spiro atoms. The summed E-state index contributed by atoms with van der Waals surface area (Å²) in [6.45, 7) is 2.43. The average molecular weight is 428 g/mol. The molecule has 0 aromatic carbocycles. The van der Waals surface area contributed by atoms with E-state index in [1.54, 1.807) is 0 Å². The Labute approximate surface area is 154 Å². The van der Waals surface area contributed by atoms with Crippen molar-refractivity contribution in [2.75, 3.05) is 19.4 Å². The van der Waals surface area contributed by atoms with E-state index < -0.39 is 51.7 Å². The molecule has 1 aliphatic heterocycles. The Balaban J connectivity index is 2.20. The highest BCUT2D eigenvalue weighted by Crippen LogP contribution is 2.48. The zero-order chi connectivity index (χ0) is 20.2. The van der Waals surface area contributed by atoms with Gasteiger partial charge in [-0.15, -0.1) is 0 Å². The molecule has 0 radical (unpaired) electrons. The van der Waals surface area contributed by atoms with Gasteiger partial charge in [-0.3, -0.25) is 28.0 Å². The standard InChI is InChI=1S/C13H22N2O10P2/c1-3-22-27(20,21)23-8-10-9(25-26(18,19)4-2)7-12(24-10)15-6-5-11(16)14-13(15)17/h5-6,9-10,12H,3-4,7-8H2,1-2H3,(H,18,19)(H,20,21)(H,14,16,17)/t9-,10-,12-/m1/s1. The van der Waals surface area contributed by atoms with Gasteiger partial charge in [-0.1, -0.05) is 6.92 Å². The van der Waals surface area contributed by atoms with Crippen molar-refractivity contribution in [2.45, 2.75) is 38.7 Å². The molecule has 1 fully saturated rings. The number of phosphoric ester groups is 1. The molecule has 27 heavy (non-hydrogen) atoms. The highest BCUT2D eigenvalue weighted by molar-refractivity contribution is 7.52. The Kier molecular flexibility index (Phi) is 7.34. The van der Waals surface area contributed by atoms with Crippen LogP contribution in [0.5, 0.6) is 0 Å². The molecule has 14 heteroatoms. The Morgan fingerprint density at radius 1 is 1.30 bits per heavy atom. The molecule has 12 nitrogen and oxygen atoms in total. The van der Waals surface area contributed by atoms with Crippen LogP contribution < -0.4 is 11.2 Å². The number of H-pyrrole nitrogens is 1. The van der Waals surface area contributed by atoms with Crippen LogP contribution >= 0.6 is 15.4 Å². The summed E-state index contributed by atoms with van der Waals surface area (Å²) in [5.74, 6) is 0. The second-order valence-electron chi connectivity index (χ2n) is 5.66. The van der Waals surface area contributed by atoms with Gasteiger partial charge in [0.25, 0.3) is 5.56 Å². The maximum Gasteiger partial charge on any atom is 0.472 e. The SMILES string of the molecule is CCOP(=O)(O)OC[C@H]1O[C@@H](n2ccc(=O)[nH]c2=O)C[C@H]1OP(=O)(O)CC. The van der Waals surface area contributed by atoms with Crippen molar-refractivity contribution in [1.29, 1.82) is 0 Å². The molecule has 2 heterocycles. The van der Waals surface area contributed by atoms with Gasteiger partial charge in [0.2, 0.25) is 0 Å². The lowest BCUT2D eigenvalue weighted by Crippen LogP contribution is -2.31. The molecule has 0 saturated carbocycles. The predicted molar refractivity (Wildman–Crippen MR) is 92.5 cm³/mol. The minimum Gasteiger partial charge on any atom is -0.349 e. The van der Waals surface area contributed by atoms with Crippen LogP contribution in [0, 0.1) is 0 Å². The highest BCUT2D eigenvalue weighted by Gasteiger charge is 2.42. The largest absolute Gasteiger partial charge is 0.472 e. The summed E-state index contributed by atoms with van der Waals surface area (Å²) in [6.07, 6.45) is -1.92. The van der Waals surface area contributed by atoms with Crippen molar-refractivity contribution in [1.82, 2.24) is 9.55 Å². The molecule has 1 aromatic heterocycles. The summed E-state index contributed by atoms with van der Waals surface area (Å²) in [5, 5.41) is 0. The number of rotatable bonds is 9. The van der Waals surface area contributed by atoms with E-state index in [1.807, 2.05) is 0 Å². The second-order valence-corrected chi connectivity index (χ2v) is 9.23. The molecule has 3 N–H and O–H groups in total. The summed E-state index contributed by atoms with van der Waals surface area (Å²) >= 11 is 0. The fourth-order valence-electron chi connectivity index (χ4n) is 2.44. The molecular weight excluding hydrogens is 406 g/mol. The lowest BCUT2D eigenvalue weighted by molar-refractivity contribution is -0.0436. The van der Waals surface area contributed by atoms with Gasteiger partial charge in [0, 0.05) is 24.8 Å². The Morgan fingerprint density at radius 3 is 2.59 bits per heavy atom. The average Bonchev–Trinajstić information content (AvgIpc) is 2.95. The maximum absolute atomic E-state index is 11.9. The summed E-state index contributed by atoms with van der Waals surface area (Å²) in [6, 6.07) is 1.12. The van der Waals surface area contributed by atoms with Crippen LogP contribution in [-0.2, 0) is 27.4 Å². The molecule has 1 aromatic rings. The van der Waals surface area contributed by atoms with Crippen LogP contribution in [-0.4, -0.2) is 50.9 Å². The summed E-state index contributed by atoms with van der Waals surface area (Å²) in [7, 11) is -8.24. The van der Waals surface area contributed by atoms with Crippen LogP contribution in [0.25, 0.3) is 0 Å². The van der Waals surface area contributed by atoms with E-state index in [-0.39, 0.29) is 19.2 Å². The summed E-state index contributed by atoms with van der Waals surface area (Å²) in [5.41, 5.74) is -1.33. The van der Waals surface area contributed by atoms with Gasteiger partial charge in [-0.25, -0.2) is 9.36 Å². The zero-order valence-corrected chi connectivity index (χ0v) is 16.5. The van der Waals surface area contributed by atoms with Crippen molar-refractivity contribution in [3.8, 4) is 0 Å². The Bertz CT molecular complexity index is 852. The van der Waals surface area contributed by atoms with Gasteiger partial charge in [0.1, 0.15) is 12.3 Å². The van der Waals surface area contributed by atoms with E-state index in [2.05, 4.69) is 9.51 Å². The van der Waals surface area contributed by atoms with Gasteiger partial charge in [-0.2, -0.15) is 0 Å². The van der Waals surface area contributed by atoms with E-state index in [0.29, 0.717) is 0 Å². The second kappa shape index (κ2) is 8.93. The number of aromatic amines is 1. The first kappa shape index (κ1) is 22.2. The fraction of sp³-hybridized carbons (Fsp3) is 0.692. The van der Waals surface area contributed by atoms with Gasteiger partial charge in [-0.05, 0) is 6.92 Å². The first-order valence-electron chi connectivity index (χ1n) is 8.16. The van der Waals surface area contributed by atoms with Crippen LogP contribution in [0.3, 0.4) is 0 Å². The minimum absolute atomic E-state index is 0.0190. The number of aromatic nitrogens is 2. The van der Waals surface area contributed by atoms with E-state index in [0.717, 1.165) is 10.6 Å². The molecule has 0 amide bonds. The molecule has 2 unspecified atom stereocenters. The smallest absolute Gasteiger partial charge is 0.349 e. The zero-order valence-electron chi connectivity index (χ0n) is 14.7. The number of phosphoric acid groups is 1. The molecular formula is C13H22N2O10P2. The lowest BCUT2D eigenvalue weighted by atomic mass is 10.2. The number of ether oxygens (including phenoxy) is 1. The minimum atomic E-state index is -4.32. The van der Waals surface area contributed by atoms with Gasteiger partial charge in [0.15, 0.2) is 0 Å². The molecule has 2 rings (SSSR count). The number of hydrogen-bond donors (Lipinski definition) is 3. The van der Waals surface area contributed by atoms with Crippen LogP contribution in [0.15, 0.2) is 21.9 Å². The normalized spacial score (nSPS) is 27.2. The highest BCUT2D eigenvalue weighted by atomic mass is 31.2. The van der Waals surface area contributed by atoms with Gasteiger partial charge in [0.05, 0.1) is 19.3 Å². The first-order valence-corrected chi connectivity index (χ1v) is 11.4. The predicted octanol–water partition coefficient (Wildman–Crippen LogP) is 0.568. The molecule has 154 valence electrons. The van der Waals surface area contributed by atoms with Crippen molar-refractivity contribution in [2.24, 2.45) is 0 Å². The van der Waals surface area contributed by atoms with Crippen molar-refractivity contribution < 1.29 is 37.2 Å². The van der Waals surface area contributed by atoms with Crippen LogP contribution in [0.2, 0.25) is 0 Å². The van der Waals surface area contributed by atoms with Crippen molar-refractivity contribution >= 4 is 15.4 Å². The third-order valence-electron chi connectivity index (χ3n) is 3.74. The van der Waals surface area contributed by atoms with Crippen LogP contribution in [0.4, 0.5) is 0 Å². The number of nitrogens with one attached hydrogen (secondary N) is 1.